The molecule has 3 rings (SSSR count). The molecule has 0 heterocycles. The number of anilines is 1. The summed E-state index contributed by atoms with van der Waals surface area (Å²) in [6, 6.07) is 24.0. The van der Waals surface area contributed by atoms with Gasteiger partial charge in [-0.2, -0.15) is 0 Å². The first-order chi connectivity index (χ1) is 12.2. The van der Waals surface area contributed by atoms with E-state index in [1.165, 1.54) is 6.08 Å². The summed E-state index contributed by atoms with van der Waals surface area (Å²) in [7, 11) is 0. The largest absolute Gasteiger partial charge is 0.457 e. The average molecular weight is 350 g/mol. The molecule has 3 aromatic rings. The third kappa shape index (κ3) is 5.23. The Bertz CT molecular complexity index is 874. The Morgan fingerprint density at radius 1 is 0.880 bits per heavy atom. The summed E-state index contributed by atoms with van der Waals surface area (Å²) in [6.45, 7) is 0. The lowest BCUT2D eigenvalue weighted by Gasteiger charge is -2.07. The fourth-order valence-electron chi connectivity index (χ4n) is 2.20. The van der Waals surface area contributed by atoms with Crippen LogP contribution in [0.15, 0.2) is 84.9 Å². The third-order valence-corrected chi connectivity index (χ3v) is 3.61. The number of carbonyl (C=O) groups is 1. The quantitative estimate of drug-likeness (QED) is 0.592. The van der Waals surface area contributed by atoms with E-state index < -0.39 is 0 Å². The number of para-hydroxylation sites is 1. The molecule has 0 fully saturated rings. The number of nitrogens with one attached hydrogen (secondary N) is 1. The topological polar surface area (TPSA) is 38.3 Å². The zero-order valence-corrected chi connectivity index (χ0v) is 14.1. The molecule has 0 bridgehead atoms. The van der Waals surface area contributed by atoms with Gasteiger partial charge in [0.1, 0.15) is 11.5 Å². The second kappa shape index (κ2) is 8.18. The molecule has 4 heteroatoms. The molecule has 0 unspecified atom stereocenters. The first-order valence-corrected chi connectivity index (χ1v) is 8.14. The van der Waals surface area contributed by atoms with Crippen LogP contribution in [0.3, 0.4) is 0 Å². The van der Waals surface area contributed by atoms with Crippen molar-refractivity contribution in [2.45, 2.75) is 0 Å². The van der Waals surface area contributed by atoms with E-state index >= 15 is 0 Å². The van der Waals surface area contributed by atoms with Crippen molar-refractivity contribution >= 4 is 29.3 Å². The summed E-state index contributed by atoms with van der Waals surface area (Å²) >= 11 is 5.92. The number of amides is 1. The zero-order chi connectivity index (χ0) is 17.5. The van der Waals surface area contributed by atoms with Gasteiger partial charge in [-0.25, -0.2) is 0 Å². The molecule has 0 spiro atoms. The molecule has 0 atom stereocenters. The van der Waals surface area contributed by atoms with Gasteiger partial charge in [0, 0.05) is 16.8 Å². The van der Waals surface area contributed by atoms with Gasteiger partial charge in [0.2, 0.25) is 5.91 Å². The van der Waals surface area contributed by atoms with Gasteiger partial charge in [0.05, 0.1) is 0 Å². The standard InChI is InChI=1S/C21H16ClNO2/c22-17-6-4-5-16(15-17)9-14-21(24)23-18-10-12-20(13-11-18)25-19-7-2-1-3-8-19/h1-15H,(H,23,24). The molecule has 0 aromatic heterocycles. The van der Waals surface area contributed by atoms with Crippen molar-refractivity contribution in [2.75, 3.05) is 5.32 Å². The maximum Gasteiger partial charge on any atom is 0.248 e. The predicted molar refractivity (Wildman–Crippen MR) is 102 cm³/mol. The van der Waals surface area contributed by atoms with Crippen molar-refractivity contribution in [3.8, 4) is 11.5 Å². The van der Waals surface area contributed by atoms with E-state index in [0.29, 0.717) is 16.5 Å². The Kier molecular flexibility index (Phi) is 5.50. The molecule has 0 aliphatic carbocycles. The Morgan fingerprint density at radius 3 is 2.32 bits per heavy atom. The first kappa shape index (κ1) is 16.8. The smallest absolute Gasteiger partial charge is 0.248 e. The summed E-state index contributed by atoms with van der Waals surface area (Å²) in [5.41, 5.74) is 1.57. The molecule has 1 amide bonds. The fourth-order valence-corrected chi connectivity index (χ4v) is 2.40. The van der Waals surface area contributed by atoms with Crippen molar-refractivity contribution in [1.29, 1.82) is 0 Å². The van der Waals surface area contributed by atoms with Gasteiger partial charge < -0.3 is 10.1 Å². The number of hydrogen-bond donors (Lipinski definition) is 1. The van der Waals surface area contributed by atoms with Crippen LogP contribution in [0.5, 0.6) is 11.5 Å². The van der Waals surface area contributed by atoms with E-state index in [1.807, 2.05) is 54.6 Å². The first-order valence-electron chi connectivity index (χ1n) is 7.77. The van der Waals surface area contributed by atoms with Gasteiger partial charge in [0.15, 0.2) is 0 Å². The van der Waals surface area contributed by atoms with E-state index in [4.69, 9.17) is 16.3 Å². The normalized spacial score (nSPS) is 10.6. The highest BCUT2D eigenvalue weighted by Gasteiger charge is 2.00. The van der Waals surface area contributed by atoms with Crippen molar-refractivity contribution in [1.82, 2.24) is 0 Å². The van der Waals surface area contributed by atoms with Gasteiger partial charge in [0.25, 0.3) is 0 Å². The molecular formula is C21H16ClNO2. The van der Waals surface area contributed by atoms with Crippen molar-refractivity contribution in [2.24, 2.45) is 0 Å². The summed E-state index contributed by atoms with van der Waals surface area (Å²) in [4.78, 5) is 12.0. The van der Waals surface area contributed by atoms with Crippen LogP contribution < -0.4 is 10.1 Å². The lowest BCUT2D eigenvalue weighted by molar-refractivity contribution is -0.111. The molecule has 0 aliphatic heterocycles. The lowest BCUT2D eigenvalue weighted by Crippen LogP contribution is -2.07. The summed E-state index contributed by atoms with van der Waals surface area (Å²) in [6.07, 6.45) is 3.19. The molecule has 0 aliphatic rings. The van der Waals surface area contributed by atoms with E-state index in [9.17, 15) is 4.79 Å². The number of carbonyl (C=O) groups excluding carboxylic acids is 1. The second-order valence-electron chi connectivity index (χ2n) is 5.32. The Morgan fingerprint density at radius 2 is 1.60 bits per heavy atom. The second-order valence-corrected chi connectivity index (χ2v) is 5.75. The molecule has 0 saturated carbocycles. The highest BCUT2D eigenvalue weighted by molar-refractivity contribution is 6.30. The average Bonchev–Trinajstić information content (AvgIpc) is 2.63. The molecule has 3 nitrogen and oxygen atoms in total. The number of ether oxygens (including phenoxy) is 1. The molecule has 0 radical (unpaired) electrons. The monoisotopic (exact) mass is 349 g/mol. The summed E-state index contributed by atoms with van der Waals surface area (Å²) < 4.78 is 5.72. The highest BCUT2D eigenvalue weighted by Crippen LogP contribution is 2.22. The molecule has 25 heavy (non-hydrogen) atoms. The van der Waals surface area contributed by atoms with Gasteiger partial charge in [-0.1, -0.05) is 41.9 Å². The maximum atomic E-state index is 12.0. The van der Waals surface area contributed by atoms with Gasteiger partial charge >= 0.3 is 0 Å². The number of hydrogen-bond acceptors (Lipinski definition) is 2. The zero-order valence-electron chi connectivity index (χ0n) is 13.4. The minimum atomic E-state index is -0.211. The third-order valence-electron chi connectivity index (χ3n) is 3.38. The predicted octanol–water partition coefficient (Wildman–Crippen LogP) is 5.78. The van der Waals surface area contributed by atoms with Crippen molar-refractivity contribution in [3.05, 3.63) is 95.5 Å². The van der Waals surface area contributed by atoms with Crippen LogP contribution in [-0.4, -0.2) is 5.91 Å². The van der Waals surface area contributed by atoms with Crippen molar-refractivity contribution < 1.29 is 9.53 Å². The Balaban J connectivity index is 1.58. The van der Waals surface area contributed by atoms with Crippen LogP contribution in [0.25, 0.3) is 6.08 Å². The number of benzene rings is 3. The van der Waals surface area contributed by atoms with Crippen molar-refractivity contribution in [3.63, 3.8) is 0 Å². The molecule has 124 valence electrons. The van der Waals surface area contributed by atoms with Gasteiger partial charge in [-0.3, -0.25) is 4.79 Å². The molecule has 0 saturated heterocycles. The van der Waals surface area contributed by atoms with Crippen LogP contribution in [0.1, 0.15) is 5.56 Å². The van der Waals surface area contributed by atoms with Crippen LogP contribution in [0.4, 0.5) is 5.69 Å². The highest BCUT2D eigenvalue weighted by atomic mass is 35.5. The van der Waals surface area contributed by atoms with Gasteiger partial charge in [-0.15, -0.1) is 0 Å². The number of halogens is 1. The van der Waals surface area contributed by atoms with Gasteiger partial charge in [-0.05, 0) is 60.2 Å². The lowest BCUT2D eigenvalue weighted by atomic mass is 10.2. The summed E-state index contributed by atoms with van der Waals surface area (Å²) in [5.74, 6) is 1.26. The van der Waals surface area contributed by atoms with E-state index in [2.05, 4.69) is 5.32 Å². The molecular weight excluding hydrogens is 334 g/mol. The Hall–Kier alpha value is -3.04. The van der Waals surface area contributed by atoms with Crippen LogP contribution in [0.2, 0.25) is 5.02 Å². The van der Waals surface area contributed by atoms with E-state index in [1.54, 1.807) is 30.3 Å². The molecule has 3 aromatic carbocycles. The SMILES string of the molecule is O=C(C=Cc1cccc(Cl)c1)Nc1ccc(Oc2ccccc2)cc1. The molecule has 1 N–H and O–H groups in total. The van der Waals surface area contributed by atoms with Crippen LogP contribution in [-0.2, 0) is 4.79 Å². The minimum absolute atomic E-state index is 0.211. The van der Waals surface area contributed by atoms with E-state index in [-0.39, 0.29) is 5.91 Å². The number of rotatable bonds is 5. The Labute approximate surface area is 151 Å². The van der Waals surface area contributed by atoms with Crippen LogP contribution in [0, 0.1) is 0 Å². The summed E-state index contributed by atoms with van der Waals surface area (Å²) in [5, 5.41) is 3.44. The van der Waals surface area contributed by atoms with Crippen LogP contribution >= 0.6 is 11.6 Å². The fraction of sp³-hybridized carbons (Fsp3) is 0. The maximum absolute atomic E-state index is 12.0. The minimum Gasteiger partial charge on any atom is -0.457 e. The van der Waals surface area contributed by atoms with E-state index in [0.717, 1.165) is 11.3 Å².